The number of carbonyl (C=O) groups is 2. The molecule has 0 unspecified atom stereocenters. The predicted molar refractivity (Wildman–Crippen MR) is 138 cm³/mol. The molecule has 36 heavy (non-hydrogen) atoms. The fourth-order valence-electron chi connectivity index (χ4n) is 4.70. The number of rotatable bonds is 6. The minimum Gasteiger partial charge on any atom is -0.348 e. The van der Waals surface area contributed by atoms with Gasteiger partial charge in [0.05, 0.1) is 5.52 Å². The molecule has 0 spiro atoms. The molecule has 5 rings (SSSR count). The second kappa shape index (κ2) is 8.93. The molecular formula is C28H29FN4O3. The van der Waals surface area contributed by atoms with Gasteiger partial charge in [-0.2, -0.15) is 0 Å². The second-order valence-corrected chi connectivity index (χ2v) is 10.1. The zero-order chi connectivity index (χ0) is 25.6. The Balaban J connectivity index is 1.55. The molecular weight excluding hydrogens is 459 g/mol. The smallest absolute Gasteiger partial charge is 0.269 e. The van der Waals surface area contributed by atoms with Crippen LogP contribution in [-0.2, 0) is 4.79 Å². The van der Waals surface area contributed by atoms with Crippen LogP contribution in [0.5, 0.6) is 0 Å². The van der Waals surface area contributed by atoms with E-state index in [-0.39, 0.29) is 34.0 Å². The SMILES string of the molecule is CN(C)C(=O)c1cc2c(-c3cc[nH]c(=O)c3)cc(C3=CCCN(C(=O)CCC4(C)C=C4)C3)c(F)c2[nH]1. The zero-order valence-electron chi connectivity index (χ0n) is 20.7. The Morgan fingerprint density at radius 1 is 1.17 bits per heavy atom. The molecule has 0 fully saturated rings. The van der Waals surface area contributed by atoms with Crippen LogP contribution in [0.2, 0.25) is 0 Å². The number of fused-ring (bicyclic) bond motifs is 1. The number of nitrogens with zero attached hydrogens (tertiary/aromatic N) is 2. The van der Waals surface area contributed by atoms with Gasteiger partial charge in [0, 0.05) is 62.2 Å². The van der Waals surface area contributed by atoms with Crippen molar-refractivity contribution in [3.63, 3.8) is 0 Å². The van der Waals surface area contributed by atoms with Gasteiger partial charge >= 0.3 is 0 Å². The topological polar surface area (TPSA) is 89.3 Å². The van der Waals surface area contributed by atoms with Crippen molar-refractivity contribution in [2.45, 2.75) is 26.2 Å². The van der Waals surface area contributed by atoms with Crippen LogP contribution in [0.25, 0.3) is 27.6 Å². The summed E-state index contributed by atoms with van der Waals surface area (Å²) >= 11 is 0. The number of hydrogen-bond donors (Lipinski definition) is 2. The molecule has 0 radical (unpaired) electrons. The molecule has 3 aromatic rings. The van der Waals surface area contributed by atoms with Crippen molar-refractivity contribution in [3.05, 3.63) is 76.1 Å². The highest BCUT2D eigenvalue weighted by Gasteiger charge is 2.30. The number of aromatic nitrogens is 2. The highest BCUT2D eigenvalue weighted by Crippen LogP contribution is 2.39. The zero-order valence-corrected chi connectivity index (χ0v) is 20.7. The third-order valence-electron chi connectivity index (χ3n) is 7.04. The average molecular weight is 489 g/mol. The van der Waals surface area contributed by atoms with Crippen LogP contribution >= 0.6 is 0 Å². The molecule has 1 aliphatic heterocycles. The average Bonchev–Trinajstić information content (AvgIpc) is 3.43. The van der Waals surface area contributed by atoms with E-state index in [9.17, 15) is 14.4 Å². The molecule has 2 N–H and O–H groups in total. The third kappa shape index (κ3) is 4.51. The van der Waals surface area contributed by atoms with E-state index < -0.39 is 5.82 Å². The summed E-state index contributed by atoms with van der Waals surface area (Å²) in [6.45, 7) is 3.01. The Hall–Kier alpha value is -3.94. The molecule has 2 aliphatic rings. The number of halogens is 1. The number of pyridine rings is 1. The summed E-state index contributed by atoms with van der Waals surface area (Å²) in [6, 6.07) is 6.54. The van der Waals surface area contributed by atoms with Gasteiger partial charge in [-0.3, -0.25) is 14.4 Å². The Kier molecular flexibility index (Phi) is 5.90. The lowest BCUT2D eigenvalue weighted by atomic mass is 9.93. The summed E-state index contributed by atoms with van der Waals surface area (Å²) in [5.41, 5.74) is 2.56. The second-order valence-electron chi connectivity index (χ2n) is 10.1. The van der Waals surface area contributed by atoms with Gasteiger partial charge in [0.25, 0.3) is 5.91 Å². The first-order valence-electron chi connectivity index (χ1n) is 12.1. The summed E-state index contributed by atoms with van der Waals surface area (Å²) in [4.78, 5) is 46.4. The molecule has 7 nitrogen and oxygen atoms in total. The lowest BCUT2D eigenvalue weighted by Crippen LogP contribution is -2.35. The molecule has 3 heterocycles. The van der Waals surface area contributed by atoms with Gasteiger partial charge in [-0.25, -0.2) is 4.39 Å². The molecule has 1 aliphatic carbocycles. The quantitative estimate of drug-likeness (QED) is 0.506. The standard InChI is InChI=1S/C28H29FN4O3/c1-28(9-10-28)8-6-24(35)33-12-4-5-18(16-33)20-14-19(17-7-11-30-23(34)13-17)21-15-22(27(36)32(2)3)31-26(21)25(20)29/h5,7,9-11,13-15,31H,4,6,8,12,16H2,1-3H3,(H,30,34). The number of aromatic amines is 2. The molecule has 0 saturated carbocycles. The van der Waals surface area contributed by atoms with Crippen molar-refractivity contribution in [2.24, 2.45) is 5.41 Å². The van der Waals surface area contributed by atoms with Crippen LogP contribution < -0.4 is 5.56 Å². The van der Waals surface area contributed by atoms with Gasteiger partial charge in [-0.05, 0) is 47.7 Å². The van der Waals surface area contributed by atoms with Crippen LogP contribution in [0, 0.1) is 11.2 Å². The minimum absolute atomic E-state index is 0.0546. The number of allylic oxidation sites excluding steroid dienone is 2. The molecule has 8 heteroatoms. The van der Waals surface area contributed by atoms with Crippen LogP contribution in [0.1, 0.15) is 42.2 Å². The monoisotopic (exact) mass is 488 g/mol. The van der Waals surface area contributed by atoms with Crippen molar-refractivity contribution < 1.29 is 14.0 Å². The van der Waals surface area contributed by atoms with Crippen molar-refractivity contribution in [3.8, 4) is 11.1 Å². The summed E-state index contributed by atoms with van der Waals surface area (Å²) in [5, 5.41) is 0.515. The van der Waals surface area contributed by atoms with E-state index in [1.807, 2.05) is 6.08 Å². The normalized spacial score (nSPS) is 16.2. The van der Waals surface area contributed by atoms with Crippen LogP contribution in [0.4, 0.5) is 4.39 Å². The maximum absolute atomic E-state index is 16.0. The third-order valence-corrected chi connectivity index (χ3v) is 7.04. The Bertz CT molecular complexity index is 1490. The summed E-state index contributed by atoms with van der Waals surface area (Å²) in [6.07, 6.45) is 9.57. The molecule has 2 aromatic heterocycles. The number of hydrogen-bond acceptors (Lipinski definition) is 3. The highest BCUT2D eigenvalue weighted by atomic mass is 19.1. The largest absolute Gasteiger partial charge is 0.348 e. The van der Waals surface area contributed by atoms with Gasteiger partial charge in [-0.15, -0.1) is 0 Å². The molecule has 0 bridgehead atoms. The van der Waals surface area contributed by atoms with E-state index in [1.54, 1.807) is 43.4 Å². The predicted octanol–water partition coefficient (Wildman–Crippen LogP) is 4.34. The van der Waals surface area contributed by atoms with Gasteiger partial charge in [0.15, 0.2) is 5.82 Å². The first-order valence-corrected chi connectivity index (χ1v) is 12.1. The summed E-state index contributed by atoms with van der Waals surface area (Å²) in [7, 11) is 3.26. The number of amides is 2. The van der Waals surface area contributed by atoms with Crippen LogP contribution in [0.15, 0.2) is 53.5 Å². The fourth-order valence-corrected chi connectivity index (χ4v) is 4.70. The van der Waals surface area contributed by atoms with Crippen molar-refractivity contribution in [1.29, 1.82) is 0 Å². The lowest BCUT2D eigenvalue weighted by Gasteiger charge is -2.28. The molecule has 186 valence electrons. The van der Waals surface area contributed by atoms with Crippen LogP contribution in [0.3, 0.4) is 0 Å². The molecule has 0 atom stereocenters. The van der Waals surface area contributed by atoms with Gasteiger partial charge < -0.3 is 19.8 Å². The lowest BCUT2D eigenvalue weighted by molar-refractivity contribution is -0.131. The van der Waals surface area contributed by atoms with E-state index in [1.165, 1.54) is 11.0 Å². The van der Waals surface area contributed by atoms with Gasteiger partial charge in [-0.1, -0.05) is 25.2 Å². The maximum atomic E-state index is 16.0. The van der Waals surface area contributed by atoms with Crippen molar-refractivity contribution in [2.75, 3.05) is 27.2 Å². The number of H-pyrrole nitrogens is 2. The number of benzene rings is 1. The van der Waals surface area contributed by atoms with Crippen molar-refractivity contribution in [1.82, 2.24) is 19.8 Å². The van der Waals surface area contributed by atoms with Crippen molar-refractivity contribution >= 4 is 28.3 Å². The van der Waals surface area contributed by atoms with Crippen LogP contribution in [-0.4, -0.2) is 58.8 Å². The van der Waals surface area contributed by atoms with E-state index >= 15 is 4.39 Å². The van der Waals surface area contributed by atoms with Gasteiger partial charge in [0.2, 0.25) is 11.5 Å². The maximum Gasteiger partial charge on any atom is 0.269 e. The highest BCUT2D eigenvalue weighted by molar-refractivity contribution is 6.04. The number of nitrogens with one attached hydrogen (secondary N) is 2. The minimum atomic E-state index is -0.480. The first kappa shape index (κ1) is 23.8. The van der Waals surface area contributed by atoms with Gasteiger partial charge in [0.1, 0.15) is 5.69 Å². The fraction of sp³-hybridized carbons (Fsp3) is 0.321. The summed E-state index contributed by atoms with van der Waals surface area (Å²) < 4.78 is 16.0. The van der Waals surface area contributed by atoms with E-state index in [2.05, 4.69) is 29.0 Å². The Morgan fingerprint density at radius 2 is 1.94 bits per heavy atom. The molecule has 2 amide bonds. The molecule has 1 aromatic carbocycles. The Morgan fingerprint density at radius 3 is 2.64 bits per heavy atom. The van der Waals surface area contributed by atoms with E-state index in [4.69, 9.17) is 0 Å². The first-order chi connectivity index (χ1) is 17.1. The van der Waals surface area contributed by atoms with E-state index in [0.29, 0.717) is 53.6 Å². The summed E-state index contributed by atoms with van der Waals surface area (Å²) in [5.74, 6) is -0.700. The Labute approximate surface area is 208 Å². The van der Waals surface area contributed by atoms with E-state index in [0.717, 1.165) is 6.42 Å². The molecule has 0 saturated heterocycles. The number of carbonyl (C=O) groups excluding carboxylic acids is 2.